The first-order valence-electron chi connectivity index (χ1n) is 3.72. The summed E-state index contributed by atoms with van der Waals surface area (Å²) < 4.78 is 6.01. The van der Waals surface area contributed by atoms with Crippen LogP contribution < -0.4 is 5.32 Å². The lowest BCUT2D eigenvalue weighted by Gasteiger charge is -2.06. The molecule has 0 spiro atoms. The van der Waals surface area contributed by atoms with Gasteiger partial charge in [0, 0.05) is 0 Å². The van der Waals surface area contributed by atoms with Crippen molar-refractivity contribution in [3.05, 3.63) is 22.6 Å². The number of nitrogens with one attached hydrogen (secondary N) is 1. The fourth-order valence-electron chi connectivity index (χ4n) is 0.929. The van der Waals surface area contributed by atoms with E-state index in [0.29, 0.717) is 4.67 Å². The van der Waals surface area contributed by atoms with Crippen molar-refractivity contribution in [2.45, 2.75) is 13.0 Å². The van der Waals surface area contributed by atoms with Crippen molar-refractivity contribution in [1.82, 2.24) is 5.32 Å². The summed E-state index contributed by atoms with van der Waals surface area (Å²) in [6.07, 6.45) is 5.31. The average molecular weight is 228 g/mol. The van der Waals surface area contributed by atoms with Crippen LogP contribution >= 0.6 is 15.9 Å². The molecule has 0 fully saturated rings. The van der Waals surface area contributed by atoms with Gasteiger partial charge < -0.3 is 4.42 Å². The minimum absolute atomic E-state index is 0.124. The average Bonchev–Trinajstić information content (AvgIpc) is 2.47. The molecule has 0 aliphatic carbocycles. The quantitative estimate of drug-likeness (QED) is 0.803. The second-order valence-electron chi connectivity index (χ2n) is 2.30. The Morgan fingerprint density at radius 2 is 2.50 bits per heavy atom. The largest absolute Gasteiger partial charge is 0.452 e. The standard InChI is InChI=1S/C9H10BrNO/c1-3-7(11-4-2)8-5-6-9(10)12-8/h1,5-7,11H,4H2,2H3. The highest BCUT2D eigenvalue weighted by atomic mass is 79.9. The molecule has 0 aliphatic heterocycles. The van der Waals surface area contributed by atoms with E-state index >= 15 is 0 Å². The van der Waals surface area contributed by atoms with E-state index in [2.05, 4.69) is 27.2 Å². The summed E-state index contributed by atoms with van der Waals surface area (Å²) in [6.45, 7) is 2.83. The summed E-state index contributed by atoms with van der Waals surface area (Å²) >= 11 is 3.22. The molecule has 0 aromatic carbocycles. The van der Waals surface area contributed by atoms with E-state index in [0.717, 1.165) is 12.3 Å². The highest BCUT2D eigenvalue weighted by Gasteiger charge is 2.09. The van der Waals surface area contributed by atoms with Crippen LogP contribution in [0.4, 0.5) is 0 Å². The molecular weight excluding hydrogens is 218 g/mol. The van der Waals surface area contributed by atoms with Gasteiger partial charge in [-0.05, 0) is 34.6 Å². The van der Waals surface area contributed by atoms with Gasteiger partial charge in [0.05, 0.1) is 0 Å². The maximum atomic E-state index is 5.31. The van der Waals surface area contributed by atoms with Crippen LogP contribution in [0.15, 0.2) is 21.2 Å². The van der Waals surface area contributed by atoms with E-state index in [1.807, 2.05) is 19.1 Å². The summed E-state index contributed by atoms with van der Waals surface area (Å²) in [6, 6.07) is 3.56. The van der Waals surface area contributed by atoms with Gasteiger partial charge in [0.25, 0.3) is 0 Å². The van der Waals surface area contributed by atoms with Gasteiger partial charge in [-0.15, -0.1) is 6.42 Å². The molecule has 1 heterocycles. The smallest absolute Gasteiger partial charge is 0.169 e. The van der Waals surface area contributed by atoms with Crippen LogP contribution in [0, 0.1) is 12.3 Å². The summed E-state index contributed by atoms with van der Waals surface area (Å²) in [5.41, 5.74) is 0. The molecule has 1 unspecified atom stereocenters. The highest BCUT2D eigenvalue weighted by molar-refractivity contribution is 9.10. The molecule has 12 heavy (non-hydrogen) atoms. The van der Waals surface area contributed by atoms with Crippen LogP contribution in [-0.4, -0.2) is 6.54 Å². The molecule has 0 amide bonds. The molecule has 1 atom stereocenters. The third kappa shape index (κ3) is 2.13. The third-order valence-corrected chi connectivity index (χ3v) is 1.88. The summed E-state index contributed by atoms with van der Waals surface area (Å²) in [5, 5.41) is 3.11. The zero-order chi connectivity index (χ0) is 8.97. The minimum atomic E-state index is -0.124. The van der Waals surface area contributed by atoms with Gasteiger partial charge in [-0.3, -0.25) is 5.32 Å². The summed E-state index contributed by atoms with van der Waals surface area (Å²) in [4.78, 5) is 0. The zero-order valence-electron chi connectivity index (χ0n) is 6.80. The second-order valence-corrected chi connectivity index (χ2v) is 3.08. The summed E-state index contributed by atoms with van der Waals surface area (Å²) in [5.74, 6) is 3.38. The van der Waals surface area contributed by atoms with Crippen molar-refractivity contribution < 1.29 is 4.42 Å². The van der Waals surface area contributed by atoms with E-state index < -0.39 is 0 Å². The summed E-state index contributed by atoms with van der Waals surface area (Å²) in [7, 11) is 0. The predicted molar refractivity (Wildman–Crippen MR) is 51.7 cm³/mol. The van der Waals surface area contributed by atoms with Crippen molar-refractivity contribution >= 4 is 15.9 Å². The molecule has 0 aliphatic rings. The molecule has 0 saturated heterocycles. The normalized spacial score (nSPS) is 12.4. The van der Waals surface area contributed by atoms with Crippen molar-refractivity contribution in [2.75, 3.05) is 6.54 Å². The van der Waals surface area contributed by atoms with Gasteiger partial charge in [-0.1, -0.05) is 12.8 Å². The third-order valence-electron chi connectivity index (χ3n) is 1.45. The zero-order valence-corrected chi connectivity index (χ0v) is 8.39. The van der Waals surface area contributed by atoms with Crippen molar-refractivity contribution in [2.24, 2.45) is 0 Å². The number of hydrogen-bond acceptors (Lipinski definition) is 2. The Balaban J connectivity index is 2.74. The van der Waals surface area contributed by atoms with Gasteiger partial charge in [-0.25, -0.2) is 0 Å². The first-order valence-corrected chi connectivity index (χ1v) is 4.52. The molecule has 1 aromatic rings. The molecule has 1 N–H and O–H groups in total. The maximum absolute atomic E-state index is 5.31. The van der Waals surface area contributed by atoms with Crippen molar-refractivity contribution in [3.63, 3.8) is 0 Å². The minimum Gasteiger partial charge on any atom is -0.452 e. The lowest BCUT2D eigenvalue weighted by atomic mass is 10.2. The van der Waals surface area contributed by atoms with Crippen LogP contribution in [0.5, 0.6) is 0 Å². The lowest BCUT2D eigenvalue weighted by Crippen LogP contribution is -2.18. The SMILES string of the molecule is C#CC(NCC)c1ccc(Br)o1. The lowest BCUT2D eigenvalue weighted by molar-refractivity contribution is 0.449. The Morgan fingerprint density at radius 1 is 1.75 bits per heavy atom. The van der Waals surface area contributed by atoms with Crippen LogP contribution in [0.3, 0.4) is 0 Å². The van der Waals surface area contributed by atoms with Gasteiger partial charge in [0.2, 0.25) is 0 Å². The van der Waals surface area contributed by atoms with E-state index in [9.17, 15) is 0 Å². The van der Waals surface area contributed by atoms with Crippen molar-refractivity contribution in [1.29, 1.82) is 0 Å². The topological polar surface area (TPSA) is 25.2 Å². The molecule has 3 heteroatoms. The Morgan fingerprint density at radius 3 is 2.92 bits per heavy atom. The fraction of sp³-hybridized carbons (Fsp3) is 0.333. The fourth-order valence-corrected chi connectivity index (χ4v) is 1.25. The van der Waals surface area contributed by atoms with E-state index in [1.165, 1.54) is 0 Å². The Labute approximate surface area is 80.5 Å². The Hall–Kier alpha value is -0.720. The molecule has 2 nitrogen and oxygen atoms in total. The first kappa shape index (κ1) is 9.37. The Bertz CT molecular complexity index is 287. The molecule has 0 radical (unpaired) electrons. The van der Waals surface area contributed by atoms with Crippen LogP contribution in [0.25, 0.3) is 0 Å². The monoisotopic (exact) mass is 227 g/mol. The van der Waals surface area contributed by atoms with Gasteiger partial charge in [0.15, 0.2) is 4.67 Å². The van der Waals surface area contributed by atoms with Crippen molar-refractivity contribution in [3.8, 4) is 12.3 Å². The molecule has 1 rings (SSSR count). The number of terminal acetylenes is 1. The highest BCUT2D eigenvalue weighted by Crippen LogP contribution is 2.19. The van der Waals surface area contributed by atoms with Crippen LogP contribution in [0.2, 0.25) is 0 Å². The van der Waals surface area contributed by atoms with E-state index in [4.69, 9.17) is 10.8 Å². The number of furan rings is 1. The number of hydrogen-bond donors (Lipinski definition) is 1. The van der Waals surface area contributed by atoms with E-state index in [-0.39, 0.29) is 6.04 Å². The molecule has 64 valence electrons. The predicted octanol–water partition coefficient (Wildman–Crippen LogP) is 2.33. The maximum Gasteiger partial charge on any atom is 0.169 e. The van der Waals surface area contributed by atoms with Gasteiger partial charge >= 0.3 is 0 Å². The van der Waals surface area contributed by atoms with Crippen LogP contribution in [-0.2, 0) is 0 Å². The second kappa shape index (κ2) is 4.34. The number of halogens is 1. The van der Waals surface area contributed by atoms with Gasteiger partial charge in [0.1, 0.15) is 11.8 Å². The molecule has 1 aromatic heterocycles. The van der Waals surface area contributed by atoms with Crippen LogP contribution in [0.1, 0.15) is 18.7 Å². The molecule has 0 saturated carbocycles. The molecular formula is C9H10BrNO. The first-order chi connectivity index (χ1) is 5.77. The Kier molecular flexibility index (Phi) is 3.39. The van der Waals surface area contributed by atoms with E-state index in [1.54, 1.807) is 0 Å². The molecule has 0 bridgehead atoms. The van der Waals surface area contributed by atoms with Gasteiger partial charge in [-0.2, -0.15) is 0 Å². The number of rotatable bonds is 3.